The molecule has 0 bridgehead atoms. The molecule has 0 fully saturated rings. The fourth-order valence-corrected chi connectivity index (χ4v) is 2.06. The average Bonchev–Trinajstić information content (AvgIpc) is 2.39. The summed E-state index contributed by atoms with van der Waals surface area (Å²) in [4.78, 5) is 11.9. The zero-order valence-corrected chi connectivity index (χ0v) is 10.5. The molecular formula is C15H9ClO3. The summed E-state index contributed by atoms with van der Waals surface area (Å²) < 4.78 is 5.21. The maximum atomic E-state index is 11.9. The van der Waals surface area contributed by atoms with Crippen molar-refractivity contribution in [3.05, 3.63) is 64.0 Å². The Labute approximate surface area is 113 Å². The zero-order chi connectivity index (χ0) is 13.4. The Hall–Kier alpha value is -2.26. The van der Waals surface area contributed by atoms with Crippen molar-refractivity contribution < 1.29 is 9.52 Å². The molecular weight excluding hydrogens is 264 g/mol. The van der Waals surface area contributed by atoms with Gasteiger partial charge in [0, 0.05) is 16.5 Å². The van der Waals surface area contributed by atoms with Crippen LogP contribution in [0.25, 0.3) is 22.1 Å². The molecule has 0 radical (unpaired) electrons. The van der Waals surface area contributed by atoms with Gasteiger partial charge in [0.1, 0.15) is 11.3 Å². The number of rotatable bonds is 1. The van der Waals surface area contributed by atoms with Gasteiger partial charge in [-0.2, -0.15) is 0 Å². The summed E-state index contributed by atoms with van der Waals surface area (Å²) in [6.45, 7) is 0. The highest BCUT2D eigenvalue weighted by atomic mass is 35.5. The summed E-state index contributed by atoms with van der Waals surface area (Å²) in [6.07, 6.45) is 0. The van der Waals surface area contributed by atoms with Gasteiger partial charge in [0.15, 0.2) is 0 Å². The highest BCUT2D eigenvalue weighted by Gasteiger charge is 2.08. The standard InChI is InChI=1S/C15H9ClO3/c16-11-4-1-9(2-5-11)13-7-10-3-6-12(17)8-14(10)19-15(13)18/h1-8,17H. The monoisotopic (exact) mass is 272 g/mol. The minimum absolute atomic E-state index is 0.0647. The normalized spacial score (nSPS) is 10.8. The first-order valence-corrected chi connectivity index (χ1v) is 6.04. The molecule has 2 aromatic carbocycles. The number of hydrogen-bond donors (Lipinski definition) is 1. The Bertz CT molecular complexity index is 804. The molecule has 0 unspecified atom stereocenters. The summed E-state index contributed by atoms with van der Waals surface area (Å²) in [5, 5.41) is 10.7. The van der Waals surface area contributed by atoms with E-state index in [1.54, 1.807) is 42.5 Å². The second-order valence-electron chi connectivity index (χ2n) is 4.18. The molecule has 0 atom stereocenters. The third kappa shape index (κ3) is 2.20. The third-order valence-electron chi connectivity index (χ3n) is 2.87. The van der Waals surface area contributed by atoms with Crippen LogP contribution >= 0.6 is 11.6 Å². The van der Waals surface area contributed by atoms with E-state index in [-0.39, 0.29) is 5.75 Å². The molecule has 1 N–H and O–H groups in total. The van der Waals surface area contributed by atoms with E-state index < -0.39 is 5.63 Å². The van der Waals surface area contributed by atoms with Crippen molar-refractivity contribution in [3.8, 4) is 16.9 Å². The lowest BCUT2D eigenvalue weighted by Crippen LogP contribution is -2.02. The highest BCUT2D eigenvalue weighted by molar-refractivity contribution is 6.30. The van der Waals surface area contributed by atoms with Gasteiger partial charge in [0.25, 0.3) is 0 Å². The molecule has 0 aliphatic carbocycles. The predicted octanol–water partition coefficient (Wildman–Crippen LogP) is 3.82. The Morgan fingerprint density at radius 2 is 1.74 bits per heavy atom. The molecule has 0 saturated carbocycles. The van der Waals surface area contributed by atoms with Crippen LogP contribution in [0.5, 0.6) is 5.75 Å². The summed E-state index contributed by atoms with van der Waals surface area (Å²) in [5.41, 5.74) is 1.13. The lowest BCUT2D eigenvalue weighted by Gasteiger charge is -2.03. The van der Waals surface area contributed by atoms with E-state index in [0.717, 1.165) is 10.9 Å². The molecule has 3 rings (SSSR count). The maximum Gasteiger partial charge on any atom is 0.344 e. The molecule has 0 aliphatic rings. The largest absolute Gasteiger partial charge is 0.508 e. The average molecular weight is 273 g/mol. The van der Waals surface area contributed by atoms with Crippen LogP contribution in [0.1, 0.15) is 0 Å². The van der Waals surface area contributed by atoms with E-state index in [1.165, 1.54) is 6.07 Å². The molecule has 3 aromatic rings. The Morgan fingerprint density at radius 3 is 2.47 bits per heavy atom. The topological polar surface area (TPSA) is 50.4 Å². The van der Waals surface area contributed by atoms with Gasteiger partial charge in [0.05, 0.1) is 5.56 Å². The molecule has 1 heterocycles. The third-order valence-corrected chi connectivity index (χ3v) is 3.13. The van der Waals surface area contributed by atoms with Gasteiger partial charge in [-0.25, -0.2) is 4.79 Å². The van der Waals surface area contributed by atoms with Crippen molar-refractivity contribution in [2.45, 2.75) is 0 Å². The van der Waals surface area contributed by atoms with Crippen molar-refractivity contribution in [1.82, 2.24) is 0 Å². The molecule has 4 heteroatoms. The number of phenols is 1. The smallest absolute Gasteiger partial charge is 0.344 e. The van der Waals surface area contributed by atoms with E-state index in [2.05, 4.69) is 0 Å². The van der Waals surface area contributed by atoms with Gasteiger partial charge in [-0.1, -0.05) is 23.7 Å². The van der Waals surface area contributed by atoms with Crippen molar-refractivity contribution in [3.63, 3.8) is 0 Å². The van der Waals surface area contributed by atoms with E-state index in [4.69, 9.17) is 16.0 Å². The molecule has 1 aromatic heterocycles. The Kier molecular flexibility index (Phi) is 2.76. The predicted molar refractivity (Wildman–Crippen MR) is 74.6 cm³/mol. The molecule has 3 nitrogen and oxygen atoms in total. The lowest BCUT2D eigenvalue weighted by molar-refractivity contribution is 0.473. The van der Waals surface area contributed by atoms with Crippen molar-refractivity contribution in [1.29, 1.82) is 0 Å². The second-order valence-corrected chi connectivity index (χ2v) is 4.61. The van der Waals surface area contributed by atoms with Gasteiger partial charge in [-0.3, -0.25) is 0 Å². The zero-order valence-electron chi connectivity index (χ0n) is 9.76. The molecule has 94 valence electrons. The van der Waals surface area contributed by atoms with Crippen LogP contribution in [-0.2, 0) is 0 Å². The number of benzene rings is 2. The van der Waals surface area contributed by atoms with Gasteiger partial charge in [-0.05, 0) is 35.9 Å². The first-order chi connectivity index (χ1) is 9.13. The minimum atomic E-state index is -0.444. The summed E-state index contributed by atoms with van der Waals surface area (Å²) in [7, 11) is 0. The van der Waals surface area contributed by atoms with Crippen LogP contribution in [0.2, 0.25) is 5.02 Å². The van der Waals surface area contributed by atoms with Gasteiger partial charge < -0.3 is 9.52 Å². The minimum Gasteiger partial charge on any atom is -0.508 e. The SMILES string of the molecule is O=c1oc2cc(O)ccc2cc1-c1ccc(Cl)cc1. The van der Waals surface area contributed by atoms with E-state index in [0.29, 0.717) is 16.2 Å². The Morgan fingerprint density at radius 1 is 1.00 bits per heavy atom. The van der Waals surface area contributed by atoms with Crippen LogP contribution in [0.3, 0.4) is 0 Å². The van der Waals surface area contributed by atoms with Crippen LogP contribution in [0, 0.1) is 0 Å². The fraction of sp³-hybridized carbons (Fsp3) is 0. The number of phenolic OH excluding ortho intramolecular Hbond substituents is 1. The van der Waals surface area contributed by atoms with Crippen LogP contribution in [-0.4, -0.2) is 5.11 Å². The van der Waals surface area contributed by atoms with Crippen molar-refractivity contribution in [2.24, 2.45) is 0 Å². The van der Waals surface area contributed by atoms with Gasteiger partial charge in [0.2, 0.25) is 0 Å². The highest BCUT2D eigenvalue weighted by Crippen LogP contribution is 2.24. The fourth-order valence-electron chi connectivity index (χ4n) is 1.93. The Balaban J connectivity index is 2.24. The molecule has 19 heavy (non-hydrogen) atoms. The van der Waals surface area contributed by atoms with Crippen molar-refractivity contribution in [2.75, 3.05) is 0 Å². The number of fused-ring (bicyclic) bond motifs is 1. The molecule has 0 spiro atoms. The molecule has 0 aliphatic heterocycles. The second kappa shape index (κ2) is 4.44. The lowest BCUT2D eigenvalue weighted by atomic mass is 10.1. The summed E-state index contributed by atoms with van der Waals surface area (Å²) in [6, 6.07) is 13.4. The van der Waals surface area contributed by atoms with Crippen molar-refractivity contribution >= 4 is 22.6 Å². The first-order valence-electron chi connectivity index (χ1n) is 5.66. The summed E-state index contributed by atoms with van der Waals surface area (Å²) >= 11 is 5.82. The molecule has 0 saturated heterocycles. The first kappa shape index (κ1) is 11.8. The quantitative estimate of drug-likeness (QED) is 0.685. The van der Waals surface area contributed by atoms with E-state index in [9.17, 15) is 9.90 Å². The van der Waals surface area contributed by atoms with Crippen LogP contribution in [0.15, 0.2) is 57.7 Å². The van der Waals surface area contributed by atoms with E-state index >= 15 is 0 Å². The number of hydrogen-bond acceptors (Lipinski definition) is 3. The van der Waals surface area contributed by atoms with Crippen LogP contribution < -0.4 is 5.63 Å². The number of aromatic hydroxyl groups is 1. The number of halogens is 1. The van der Waals surface area contributed by atoms with Gasteiger partial charge >= 0.3 is 5.63 Å². The molecule has 0 amide bonds. The van der Waals surface area contributed by atoms with Crippen LogP contribution in [0.4, 0.5) is 0 Å². The van der Waals surface area contributed by atoms with Gasteiger partial charge in [-0.15, -0.1) is 0 Å². The van der Waals surface area contributed by atoms with E-state index in [1.807, 2.05) is 0 Å². The summed E-state index contributed by atoms with van der Waals surface area (Å²) in [5.74, 6) is 0.0647. The maximum absolute atomic E-state index is 11.9.